The van der Waals surface area contributed by atoms with Gasteiger partial charge in [-0.05, 0) is 42.4 Å². The molecular weight excluding hydrogens is 300 g/mol. The van der Waals surface area contributed by atoms with Crippen molar-refractivity contribution in [3.63, 3.8) is 0 Å². The molecular formula is C19H22N4O. The summed E-state index contributed by atoms with van der Waals surface area (Å²) in [4.78, 5) is 14.6. The second-order valence-electron chi connectivity index (χ2n) is 7.34. The van der Waals surface area contributed by atoms with Crippen molar-refractivity contribution in [2.24, 2.45) is 5.92 Å². The lowest BCUT2D eigenvalue weighted by molar-refractivity contribution is 0.180. The van der Waals surface area contributed by atoms with Crippen molar-refractivity contribution in [2.45, 2.75) is 37.1 Å². The van der Waals surface area contributed by atoms with E-state index in [9.17, 15) is 4.79 Å². The number of hydrogen-bond acceptors (Lipinski definition) is 2. The van der Waals surface area contributed by atoms with Crippen LogP contribution in [-0.2, 0) is 6.42 Å². The Morgan fingerprint density at radius 2 is 2.04 bits per heavy atom. The largest absolute Gasteiger partial charge is 0.334 e. The lowest BCUT2D eigenvalue weighted by atomic mass is 9.94. The molecule has 1 aromatic heterocycles. The topological polar surface area (TPSA) is 61.0 Å². The smallest absolute Gasteiger partial charge is 0.317 e. The van der Waals surface area contributed by atoms with Crippen molar-refractivity contribution < 1.29 is 4.79 Å². The lowest BCUT2D eigenvalue weighted by Gasteiger charge is -2.31. The highest BCUT2D eigenvalue weighted by atomic mass is 16.2. The molecule has 3 aliphatic rings. The van der Waals surface area contributed by atoms with Gasteiger partial charge in [-0.3, -0.25) is 5.10 Å². The zero-order valence-electron chi connectivity index (χ0n) is 13.6. The van der Waals surface area contributed by atoms with Gasteiger partial charge in [-0.15, -0.1) is 0 Å². The van der Waals surface area contributed by atoms with Crippen LogP contribution in [0.25, 0.3) is 0 Å². The molecule has 2 aliphatic carbocycles. The maximum absolute atomic E-state index is 12.6. The fraction of sp³-hybridized carbons (Fsp3) is 0.474. The fourth-order valence-corrected chi connectivity index (χ4v) is 4.67. The Morgan fingerprint density at radius 3 is 2.83 bits per heavy atom. The average molecular weight is 322 g/mol. The predicted molar refractivity (Wildman–Crippen MR) is 90.8 cm³/mol. The first-order valence-electron chi connectivity index (χ1n) is 8.94. The Labute approximate surface area is 141 Å². The number of nitrogens with one attached hydrogen (secondary N) is 2. The van der Waals surface area contributed by atoms with Crippen molar-refractivity contribution in [1.29, 1.82) is 0 Å². The quantitative estimate of drug-likeness (QED) is 0.893. The minimum absolute atomic E-state index is 0.120. The number of piperidine rings is 1. The second-order valence-corrected chi connectivity index (χ2v) is 7.34. The third-order valence-corrected chi connectivity index (χ3v) is 6.07. The van der Waals surface area contributed by atoms with Crippen LogP contribution in [0.2, 0.25) is 0 Å². The van der Waals surface area contributed by atoms with E-state index < -0.39 is 0 Å². The van der Waals surface area contributed by atoms with E-state index in [1.54, 1.807) is 6.20 Å². The molecule has 2 heterocycles. The van der Waals surface area contributed by atoms with Gasteiger partial charge in [-0.1, -0.05) is 24.3 Å². The van der Waals surface area contributed by atoms with Crippen LogP contribution in [0.5, 0.6) is 0 Å². The van der Waals surface area contributed by atoms with Gasteiger partial charge in [0, 0.05) is 42.9 Å². The summed E-state index contributed by atoms with van der Waals surface area (Å²) in [7, 11) is 0. The monoisotopic (exact) mass is 322 g/mol. The first-order chi connectivity index (χ1) is 11.8. The molecule has 124 valence electrons. The summed E-state index contributed by atoms with van der Waals surface area (Å²) < 4.78 is 0. The van der Waals surface area contributed by atoms with Crippen molar-refractivity contribution in [1.82, 2.24) is 20.4 Å². The average Bonchev–Trinajstić information content (AvgIpc) is 3.02. The zero-order valence-corrected chi connectivity index (χ0v) is 13.6. The summed E-state index contributed by atoms with van der Waals surface area (Å²) in [5.74, 6) is 1.67. The Hall–Kier alpha value is -2.30. The van der Waals surface area contributed by atoms with Crippen LogP contribution < -0.4 is 5.32 Å². The van der Waals surface area contributed by atoms with Gasteiger partial charge in [-0.2, -0.15) is 5.10 Å². The minimum atomic E-state index is 0.120. The van der Waals surface area contributed by atoms with Crippen LogP contribution in [0.4, 0.5) is 4.79 Å². The molecule has 2 fully saturated rings. The SMILES string of the molecule is O=C(N[C@@H]1[C@H]2Cc3ccccc3[C@@H]21)N1CCC(c2ccn[nH]2)CC1. The van der Waals surface area contributed by atoms with Crippen LogP contribution in [-0.4, -0.2) is 40.3 Å². The first-order valence-corrected chi connectivity index (χ1v) is 8.94. The molecule has 1 saturated carbocycles. The van der Waals surface area contributed by atoms with Crippen molar-refractivity contribution in [3.8, 4) is 0 Å². The number of H-pyrrole nitrogens is 1. The van der Waals surface area contributed by atoms with Gasteiger partial charge in [0.2, 0.25) is 0 Å². The number of carbonyl (C=O) groups is 1. The zero-order chi connectivity index (χ0) is 16.1. The van der Waals surface area contributed by atoms with Gasteiger partial charge in [-0.25, -0.2) is 4.79 Å². The first kappa shape index (κ1) is 14.1. The van der Waals surface area contributed by atoms with E-state index in [0.29, 0.717) is 23.8 Å². The molecule has 0 unspecified atom stereocenters. The van der Waals surface area contributed by atoms with Crippen LogP contribution >= 0.6 is 0 Å². The third-order valence-electron chi connectivity index (χ3n) is 6.07. The van der Waals surface area contributed by atoms with Crippen LogP contribution in [0.1, 0.15) is 41.5 Å². The van der Waals surface area contributed by atoms with Crippen molar-refractivity contribution in [3.05, 3.63) is 53.3 Å². The van der Waals surface area contributed by atoms with Crippen molar-refractivity contribution >= 4 is 6.03 Å². The van der Waals surface area contributed by atoms with Gasteiger partial charge in [0.1, 0.15) is 0 Å². The Morgan fingerprint density at radius 1 is 1.21 bits per heavy atom. The molecule has 0 bridgehead atoms. The summed E-state index contributed by atoms with van der Waals surface area (Å²) in [6.45, 7) is 1.66. The second kappa shape index (κ2) is 5.36. The van der Waals surface area contributed by atoms with E-state index in [4.69, 9.17) is 0 Å². The van der Waals surface area contributed by atoms with Gasteiger partial charge < -0.3 is 10.2 Å². The summed E-state index contributed by atoms with van der Waals surface area (Å²) in [5, 5.41) is 10.4. The van der Waals surface area contributed by atoms with E-state index in [0.717, 1.165) is 32.4 Å². The highest BCUT2D eigenvalue weighted by Gasteiger charge is 2.56. The van der Waals surface area contributed by atoms with E-state index in [1.807, 2.05) is 11.0 Å². The van der Waals surface area contributed by atoms with Gasteiger partial charge in [0.15, 0.2) is 0 Å². The van der Waals surface area contributed by atoms with Gasteiger partial charge >= 0.3 is 6.03 Å². The normalized spacial score (nSPS) is 28.3. The number of carbonyl (C=O) groups excluding carboxylic acids is 1. The summed E-state index contributed by atoms with van der Waals surface area (Å²) in [5.41, 5.74) is 4.12. The molecule has 5 rings (SSSR count). The van der Waals surface area contributed by atoms with Crippen LogP contribution in [0.15, 0.2) is 36.5 Å². The Kier molecular flexibility index (Phi) is 3.15. The highest BCUT2D eigenvalue weighted by molar-refractivity contribution is 5.75. The minimum Gasteiger partial charge on any atom is -0.334 e. The third kappa shape index (κ3) is 2.22. The van der Waals surface area contributed by atoms with E-state index in [1.165, 1.54) is 16.8 Å². The maximum atomic E-state index is 12.6. The number of urea groups is 1. The predicted octanol–water partition coefficient (Wildman–Crippen LogP) is 2.64. The molecule has 2 aromatic rings. The number of fused-ring (bicyclic) bond motifs is 3. The number of rotatable bonds is 2. The van der Waals surface area contributed by atoms with E-state index in [-0.39, 0.29) is 6.03 Å². The summed E-state index contributed by atoms with van der Waals surface area (Å²) in [6.07, 6.45) is 4.94. The number of hydrogen-bond donors (Lipinski definition) is 2. The van der Waals surface area contributed by atoms with E-state index in [2.05, 4.69) is 39.8 Å². The summed E-state index contributed by atoms with van der Waals surface area (Å²) in [6, 6.07) is 11.2. The number of nitrogens with zero attached hydrogens (tertiary/aromatic N) is 2. The molecule has 24 heavy (non-hydrogen) atoms. The van der Waals surface area contributed by atoms with Crippen molar-refractivity contribution in [2.75, 3.05) is 13.1 Å². The lowest BCUT2D eigenvalue weighted by Crippen LogP contribution is -2.45. The number of benzene rings is 1. The molecule has 2 amide bonds. The molecule has 1 saturated heterocycles. The standard InChI is InChI=1S/C19H22N4O/c24-19(23-9-6-12(7-10-23)16-5-8-20-22-16)21-18-15-11-13-3-1-2-4-14(13)17(15)18/h1-5,8,12,15,17-18H,6-7,9-11H2,(H,20,22)(H,21,24)/t15-,17-,18+/m0/s1. The molecule has 1 aliphatic heterocycles. The van der Waals surface area contributed by atoms with E-state index >= 15 is 0 Å². The number of aromatic amines is 1. The summed E-state index contributed by atoms with van der Waals surface area (Å²) >= 11 is 0. The Balaban J connectivity index is 1.17. The van der Waals surface area contributed by atoms with Gasteiger partial charge in [0.05, 0.1) is 0 Å². The Bertz CT molecular complexity index is 748. The number of aromatic nitrogens is 2. The highest BCUT2D eigenvalue weighted by Crippen LogP contribution is 2.56. The molecule has 1 aromatic carbocycles. The van der Waals surface area contributed by atoms with Crippen LogP contribution in [0.3, 0.4) is 0 Å². The molecule has 5 nitrogen and oxygen atoms in total. The maximum Gasteiger partial charge on any atom is 0.317 e. The molecule has 2 N–H and O–H groups in total. The van der Waals surface area contributed by atoms with Gasteiger partial charge in [0.25, 0.3) is 0 Å². The molecule has 0 spiro atoms. The number of amides is 2. The molecule has 5 heteroatoms. The number of likely N-dealkylation sites (tertiary alicyclic amines) is 1. The molecule has 0 radical (unpaired) electrons. The van der Waals surface area contributed by atoms with Crippen LogP contribution in [0, 0.1) is 5.92 Å². The fourth-order valence-electron chi connectivity index (χ4n) is 4.67. The molecule has 3 atom stereocenters.